The van der Waals surface area contributed by atoms with Crippen LogP contribution in [0.3, 0.4) is 0 Å². The highest BCUT2D eigenvalue weighted by Crippen LogP contribution is 2.25. The number of hydrogen-bond donors (Lipinski definition) is 1. The van der Waals surface area contributed by atoms with Gasteiger partial charge in [0, 0.05) is 11.6 Å². The van der Waals surface area contributed by atoms with Gasteiger partial charge in [-0.2, -0.15) is 0 Å². The van der Waals surface area contributed by atoms with Gasteiger partial charge in [0.05, 0.1) is 12.0 Å². The lowest BCUT2D eigenvalue weighted by Gasteiger charge is -2.17. The van der Waals surface area contributed by atoms with Crippen molar-refractivity contribution in [2.75, 3.05) is 6.61 Å². The Morgan fingerprint density at radius 2 is 2.28 bits per heavy atom. The molecular formula is C14H17ClO3. The summed E-state index contributed by atoms with van der Waals surface area (Å²) in [4.78, 5) is 11.3. The molecule has 1 aliphatic rings. The Hall–Kier alpha value is -1.06. The number of carboxylic acid groups (broad SMARTS) is 1. The number of aliphatic carboxylic acids is 1. The fourth-order valence-corrected chi connectivity index (χ4v) is 2.56. The molecule has 1 N–H and O–H groups in total. The van der Waals surface area contributed by atoms with Gasteiger partial charge in [-0.3, -0.25) is 4.79 Å². The summed E-state index contributed by atoms with van der Waals surface area (Å²) in [6.45, 7) is 0.753. The van der Waals surface area contributed by atoms with Crippen LogP contribution in [-0.2, 0) is 16.0 Å². The summed E-state index contributed by atoms with van der Waals surface area (Å²) in [5.41, 5.74) is 0.893. The number of halogens is 1. The zero-order chi connectivity index (χ0) is 13.0. The van der Waals surface area contributed by atoms with Crippen LogP contribution >= 0.6 is 11.6 Å². The fraction of sp³-hybridized carbons (Fsp3) is 0.500. The molecule has 1 saturated heterocycles. The second-order valence-corrected chi connectivity index (χ2v) is 5.11. The molecule has 2 atom stereocenters. The largest absolute Gasteiger partial charge is 0.481 e. The van der Waals surface area contributed by atoms with Crippen molar-refractivity contribution in [3.05, 3.63) is 34.9 Å². The molecule has 0 bridgehead atoms. The molecule has 0 radical (unpaired) electrons. The summed E-state index contributed by atoms with van der Waals surface area (Å²) in [5, 5.41) is 9.92. The number of rotatable bonds is 5. The molecule has 4 heteroatoms. The molecular weight excluding hydrogens is 252 g/mol. The second kappa shape index (κ2) is 6.21. The lowest BCUT2D eigenvalue weighted by molar-refractivity contribution is -0.142. The van der Waals surface area contributed by atoms with E-state index in [2.05, 4.69) is 0 Å². The van der Waals surface area contributed by atoms with E-state index in [1.807, 2.05) is 18.2 Å². The predicted molar refractivity (Wildman–Crippen MR) is 69.9 cm³/mol. The van der Waals surface area contributed by atoms with Gasteiger partial charge in [-0.15, -0.1) is 0 Å². The van der Waals surface area contributed by atoms with Crippen molar-refractivity contribution in [1.82, 2.24) is 0 Å². The Bertz CT molecular complexity index is 413. The van der Waals surface area contributed by atoms with Crippen molar-refractivity contribution < 1.29 is 14.6 Å². The average Bonchev–Trinajstić information content (AvgIpc) is 2.83. The van der Waals surface area contributed by atoms with Crippen LogP contribution in [-0.4, -0.2) is 23.8 Å². The molecule has 1 heterocycles. The number of carboxylic acids is 1. The smallest absolute Gasteiger partial charge is 0.306 e. The van der Waals surface area contributed by atoms with Crippen LogP contribution in [0.2, 0.25) is 5.02 Å². The van der Waals surface area contributed by atoms with Crippen LogP contribution in [0.4, 0.5) is 0 Å². The Labute approximate surface area is 112 Å². The number of hydrogen-bond acceptors (Lipinski definition) is 2. The zero-order valence-electron chi connectivity index (χ0n) is 10.1. The van der Waals surface area contributed by atoms with Gasteiger partial charge in [-0.25, -0.2) is 0 Å². The van der Waals surface area contributed by atoms with Gasteiger partial charge in [-0.1, -0.05) is 29.8 Å². The van der Waals surface area contributed by atoms with Crippen LogP contribution in [0, 0.1) is 5.92 Å². The normalized spacial score (nSPS) is 20.8. The highest BCUT2D eigenvalue weighted by molar-refractivity contribution is 6.31. The van der Waals surface area contributed by atoms with E-state index >= 15 is 0 Å². The lowest BCUT2D eigenvalue weighted by Crippen LogP contribution is -2.22. The maximum Gasteiger partial charge on any atom is 0.306 e. The van der Waals surface area contributed by atoms with Gasteiger partial charge in [0.25, 0.3) is 0 Å². The molecule has 2 rings (SSSR count). The van der Waals surface area contributed by atoms with Gasteiger partial charge >= 0.3 is 5.97 Å². The molecule has 0 aliphatic carbocycles. The van der Waals surface area contributed by atoms with Crippen molar-refractivity contribution in [1.29, 1.82) is 0 Å². The molecule has 1 aromatic carbocycles. The molecule has 2 unspecified atom stereocenters. The molecule has 1 fully saturated rings. The van der Waals surface area contributed by atoms with Gasteiger partial charge in [0.2, 0.25) is 0 Å². The van der Waals surface area contributed by atoms with Gasteiger partial charge in [0.15, 0.2) is 0 Å². The maximum absolute atomic E-state index is 11.3. The number of ether oxygens (including phenoxy) is 1. The summed E-state index contributed by atoms with van der Waals surface area (Å²) in [6.07, 6.45) is 3.12. The first kappa shape index (κ1) is 13.4. The van der Waals surface area contributed by atoms with Crippen LogP contribution in [0.5, 0.6) is 0 Å². The minimum Gasteiger partial charge on any atom is -0.481 e. The van der Waals surface area contributed by atoms with Crippen LogP contribution in [0.25, 0.3) is 0 Å². The number of benzene rings is 1. The standard InChI is InChI=1S/C14H17ClO3/c15-13-6-2-1-4-10(13)8-11(14(16)17)9-12-5-3-7-18-12/h1-2,4,6,11-12H,3,5,7-9H2,(H,16,17). The van der Waals surface area contributed by atoms with Crippen LogP contribution in [0.15, 0.2) is 24.3 Å². The topological polar surface area (TPSA) is 46.5 Å². The van der Waals surface area contributed by atoms with Gasteiger partial charge in [-0.05, 0) is 37.3 Å². The summed E-state index contributed by atoms with van der Waals surface area (Å²) in [6, 6.07) is 7.41. The van der Waals surface area contributed by atoms with Crippen molar-refractivity contribution >= 4 is 17.6 Å². The summed E-state index contributed by atoms with van der Waals surface area (Å²) in [5.74, 6) is -1.20. The Morgan fingerprint density at radius 1 is 1.50 bits per heavy atom. The summed E-state index contributed by atoms with van der Waals surface area (Å²) in [7, 11) is 0. The second-order valence-electron chi connectivity index (χ2n) is 4.70. The van der Waals surface area contributed by atoms with Gasteiger partial charge in [0.1, 0.15) is 0 Å². The SMILES string of the molecule is O=C(O)C(Cc1ccccc1Cl)CC1CCCO1. The summed E-state index contributed by atoms with van der Waals surface area (Å²) >= 11 is 6.07. The third-order valence-electron chi connectivity index (χ3n) is 3.34. The van der Waals surface area contributed by atoms with Crippen LogP contribution < -0.4 is 0 Å². The molecule has 1 aromatic rings. The fourth-order valence-electron chi connectivity index (χ4n) is 2.35. The number of carbonyl (C=O) groups is 1. The van der Waals surface area contributed by atoms with Crippen molar-refractivity contribution in [2.45, 2.75) is 31.8 Å². The highest BCUT2D eigenvalue weighted by Gasteiger charge is 2.26. The monoisotopic (exact) mass is 268 g/mol. The van der Waals surface area contributed by atoms with E-state index < -0.39 is 11.9 Å². The first-order valence-corrected chi connectivity index (χ1v) is 6.62. The molecule has 98 valence electrons. The molecule has 0 spiro atoms. The van der Waals surface area contributed by atoms with Crippen molar-refractivity contribution in [2.24, 2.45) is 5.92 Å². The van der Waals surface area contributed by atoms with E-state index in [9.17, 15) is 9.90 Å². The minimum absolute atomic E-state index is 0.0913. The van der Waals surface area contributed by atoms with E-state index in [0.717, 1.165) is 25.0 Å². The molecule has 18 heavy (non-hydrogen) atoms. The Balaban J connectivity index is 2.02. The Morgan fingerprint density at radius 3 is 2.89 bits per heavy atom. The third kappa shape index (κ3) is 3.47. The van der Waals surface area contributed by atoms with Crippen molar-refractivity contribution in [3.63, 3.8) is 0 Å². The maximum atomic E-state index is 11.3. The molecule has 3 nitrogen and oxygen atoms in total. The zero-order valence-corrected chi connectivity index (χ0v) is 10.9. The van der Waals surface area contributed by atoms with E-state index in [0.29, 0.717) is 17.9 Å². The van der Waals surface area contributed by atoms with Gasteiger partial charge < -0.3 is 9.84 Å². The minimum atomic E-state index is -0.773. The van der Waals surface area contributed by atoms with E-state index in [-0.39, 0.29) is 6.10 Å². The Kier molecular flexibility index (Phi) is 4.61. The van der Waals surface area contributed by atoms with E-state index in [1.54, 1.807) is 6.07 Å². The first-order valence-electron chi connectivity index (χ1n) is 6.24. The quantitative estimate of drug-likeness (QED) is 0.892. The summed E-state index contributed by atoms with van der Waals surface area (Å²) < 4.78 is 5.51. The molecule has 0 saturated carbocycles. The van der Waals surface area contributed by atoms with E-state index in [1.165, 1.54) is 0 Å². The van der Waals surface area contributed by atoms with Crippen LogP contribution in [0.1, 0.15) is 24.8 Å². The first-order chi connectivity index (χ1) is 8.66. The lowest BCUT2D eigenvalue weighted by atomic mass is 9.93. The highest BCUT2D eigenvalue weighted by atomic mass is 35.5. The molecule has 0 amide bonds. The predicted octanol–water partition coefficient (Wildman–Crippen LogP) is 3.15. The van der Waals surface area contributed by atoms with E-state index in [4.69, 9.17) is 16.3 Å². The molecule has 1 aliphatic heterocycles. The molecule has 0 aromatic heterocycles. The third-order valence-corrected chi connectivity index (χ3v) is 3.71. The average molecular weight is 269 g/mol. The van der Waals surface area contributed by atoms with Crippen molar-refractivity contribution in [3.8, 4) is 0 Å².